The average Bonchev–Trinajstić information content (AvgIpc) is 2.97. The van der Waals surface area contributed by atoms with Gasteiger partial charge in [-0.2, -0.15) is 0 Å². The highest BCUT2D eigenvalue weighted by molar-refractivity contribution is 6.31. The third-order valence-electron chi connectivity index (χ3n) is 4.66. The molecule has 4 rings (SSSR count). The molecular formula is C19H17ClN4O3. The van der Waals surface area contributed by atoms with E-state index in [-0.39, 0.29) is 6.54 Å². The number of fused-ring (bicyclic) bond motifs is 2. The first-order chi connectivity index (χ1) is 12.9. The lowest BCUT2D eigenvalue weighted by atomic mass is 10.0. The maximum Gasteiger partial charge on any atom is 0.278 e. The Kier molecular flexibility index (Phi) is 4.04. The zero-order valence-electron chi connectivity index (χ0n) is 14.7. The Morgan fingerprint density at radius 1 is 1.33 bits per heavy atom. The highest BCUT2D eigenvalue weighted by atomic mass is 35.5. The summed E-state index contributed by atoms with van der Waals surface area (Å²) < 4.78 is 7.62. The molecule has 2 aromatic carbocycles. The fourth-order valence-corrected chi connectivity index (χ4v) is 3.20. The number of carbonyl (C=O) groups excluding carboxylic acids is 2. The topological polar surface area (TPSA) is 85.3 Å². The van der Waals surface area contributed by atoms with Gasteiger partial charge in [-0.3, -0.25) is 9.59 Å². The first kappa shape index (κ1) is 17.4. The van der Waals surface area contributed by atoms with Crippen LogP contribution in [0.25, 0.3) is 11.0 Å². The van der Waals surface area contributed by atoms with E-state index in [0.29, 0.717) is 22.3 Å². The van der Waals surface area contributed by atoms with Crippen LogP contribution in [0.15, 0.2) is 42.5 Å². The number of rotatable bonds is 3. The molecule has 1 aromatic heterocycles. The zero-order valence-corrected chi connectivity index (χ0v) is 15.5. The second-order valence-electron chi connectivity index (χ2n) is 6.49. The Morgan fingerprint density at radius 3 is 2.89 bits per heavy atom. The number of ether oxygens (including phenoxy) is 1. The fraction of sp³-hybridized carbons (Fsp3) is 0.211. The van der Waals surface area contributed by atoms with Gasteiger partial charge in [-0.1, -0.05) is 23.7 Å². The van der Waals surface area contributed by atoms with Gasteiger partial charge in [0, 0.05) is 12.1 Å². The van der Waals surface area contributed by atoms with Crippen molar-refractivity contribution in [3.8, 4) is 5.75 Å². The summed E-state index contributed by atoms with van der Waals surface area (Å²) in [6.07, 6.45) is 0. The molecule has 0 radical (unpaired) electrons. The van der Waals surface area contributed by atoms with Gasteiger partial charge in [0.05, 0.1) is 23.3 Å². The predicted molar refractivity (Wildman–Crippen MR) is 102 cm³/mol. The van der Waals surface area contributed by atoms with Crippen LogP contribution in [0.3, 0.4) is 0 Å². The van der Waals surface area contributed by atoms with Crippen molar-refractivity contribution in [1.82, 2.24) is 14.9 Å². The van der Waals surface area contributed by atoms with E-state index in [9.17, 15) is 9.59 Å². The van der Waals surface area contributed by atoms with Gasteiger partial charge in [-0.25, -0.2) is 4.98 Å². The van der Waals surface area contributed by atoms with Gasteiger partial charge in [0.1, 0.15) is 11.6 Å². The lowest BCUT2D eigenvalue weighted by Gasteiger charge is -2.33. The van der Waals surface area contributed by atoms with E-state index in [2.05, 4.69) is 15.6 Å². The number of anilines is 1. The number of hydrogen-bond donors (Lipinski definition) is 2. The number of nitrogens with zero attached hydrogens (tertiary/aromatic N) is 2. The summed E-state index contributed by atoms with van der Waals surface area (Å²) in [5, 5.41) is 5.89. The maximum atomic E-state index is 12.7. The molecular weight excluding hydrogens is 368 g/mol. The second kappa shape index (κ2) is 6.28. The molecule has 2 N–H and O–H groups in total. The number of para-hydroxylation sites is 2. The summed E-state index contributed by atoms with van der Waals surface area (Å²) in [6, 6.07) is 12.5. The summed E-state index contributed by atoms with van der Waals surface area (Å²) in [6.45, 7) is 1.61. The van der Waals surface area contributed by atoms with Crippen LogP contribution < -0.4 is 15.4 Å². The van der Waals surface area contributed by atoms with E-state index >= 15 is 0 Å². The van der Waals surface area contributed by atoms with Crippen LogP contribution in [0.5, 0.6) is 5.75 Å². The fourth-order valence-electron chi connectivity index (χ4n) is 3.03. The van der Waals surface area contributed by atoms with Crippen LogP contribution in [-0.4, -0.2) is 27.0 Å². The second-order valence-corrected chi connectivity index (χ2v) is 6.92. The average molecular weight is 385 g/mol. The number of hydrogen-bond acceptors (Lipinski definition) is 4. The van der Waals surface area contributed by atoms with Crippen LogP contribution in [0.4, 0.5) is 5.69 Å². The number of aromatic nitrogens is 2. The summed E-state index contributed by atoms with van der Waals surface area (Å²) >= 11 is 5.93. The Hall–Kier alpha value is -3.06. The standard InChI is InChI=1S/C19H17ClN4O3/c1-19(18(26)23-13-9-11(20)7-8-15(13)27-19)17(25)21-10-16-22-12-5-3-4-6-14(12)24(16)2/h3-9H,10H2,1-2H3,(H,21,25)(H,23,26). The van der Waals surface area contributed by atoms with Crippen LogP contribution in [0.2, 0.25) is 5.02 Å². The number of nitrogens with one attached hydrogen (secondary N) is 2. The van der Waals surface area contributed by atoms with Crippen LogP contribution in [0.1, 0.15) is 12.7 Å². The molecule has 0 aliphatic carbocycles. The molecule has 0 saturated carbocycles. The molecule has 7 nitrogen and oxygen atoms in total. The minimum Gasteiger partial charge on any atom is -0.466 e. The molecule has 1 aliphatic rings. The zero-order chi connectivity index (χ0) is 19.2. The summed E-state index contributed by atoms with van der Waals surface area (Å²) in [4.78, 5) is 29.7. The van der Waals surface area contributed by atoms with Gasteiger partial charge >= 0.3 is 0 Å². The molecule has 27 heavy (non-hydrogen) atoms. The van der Waals surface area contributed by atoms with Gasteiger partial charge in [0.2, 0.25) is 0 Å². The van der Waals surface area contributed by atoms with Crippen LogP contribution >= 0.6 is 11.6 Å². The van der Waals surface area contributed by atoms with Crippen molar-refractivity contribution in [3.63, 3.8) is 0 Å². The number of amides is 2. The minimum atomic E-state index is -1.69. The lowest BCUT2D eigenvalue weighted by Crippen LogP contribution is -2.58. The van der Waals surface area contributed by atoms with E-state index in [1.54, 1.807) is 18.2 Å². The van der Waals surface area contributed by atoms with Gasteiger partial charge in [-0.05, 0) is 37.3 Å². The van der Waals surface area contributed by atoms with E-state index < -0.39 is 17.4 Å². The Morgan fingerprint density at radius 2 is 2.11 bits per heavy atom. The first-order valence-electron chi connectivity index (χ1n) is 8.37. The summed E-state index contributed by atoms with van der Waals surface area (Å²) in [5.74, 6) is -0.0386. The number of aryl methyl sites for hydroxylation is 1. The highest BCUT2D eigenvalue weighted by Gasteiger charge is 2.47. The van der Waals surface area contributed by atoms with Crippen molar-refractivity contribution in [2.24, 2.45) is 7.05 Å². The smallest absolute Gasteiger partial charge is 0.278 e. The monoisotopic (exact) mass is 384 g/mol. The third kappa shape index (κ3) is 2.90. The Balaban J connectivity index is 1.54. The SMILES string of the molecule is Cn1c(CNC(=O)C2(C)Oc3ccc(Cl)cc3NC2=O)nc2ccccc21. The Labute approximate surface area is 160 Å². The van der Waals surface area contributed by atoms with E-state index in [4.69, 9.17) is 16.3 Å². The van der Waals surface area contributed by atoms with Crippen molar-refractivity contribution in [2.75, 3.05) is 5.32 Å². The molecule has 1 atom stereocenters. The first-order valence-corrected chi connectivity index (χ1v) is 8.75. The summed E-state index contributed by atoms with van der Waals surface area (Å²) in [7, 11) is 1.88. The molecule has 0 fully saturated rings. The highest BCUT2D eigenvalue weighted by Crippen LogP contribution is 2.35. The largest absolute Gasteiger partial charge is 0.466 e. The number of benzene rings is 2. The molecule has 8 heteroatoms. The van der Waals surface area contributed by atoms with E-state index in [0.717, 1.165) is 11.0 Å². The van der Waals surface area contributed by atoms with Gasteiger partial charge in [0.15, 0.2) is 0 Å². The van der Waals surface area contributed by atoms with Crippen molar-refractivity contribution in [1.29, 1.82) is 0 Å². The molecule has 2 amide bonds. The number of halogens is 1. The molecule has 138 valence electrons. The molecule has 0 bridgehead atoms. The maximum absolute atomic E-state index is 12.7. The Bertz CT molecular complexity index is 1080. The third-order valence-corrected chi connectivity index (χ3v) is 4.89. The lowest BCUT2D eigenvalue weighted by molar-refractivity contribution is -0.146. The van der Waals surface area contributed by atoms with Gasteiger partial charge in [-0.15, -0.1) is 0 Å². The van der Waals surface area contributed by atoms with Gasteiger partial charge in [0.25, 0.3) is 17.4 Å². The molecule has 0 saturated heterocycles. The molecule has 0 spiro atoms. The minimum absolute atomic E-state index is 0.170. The molecule has 1 unspecified atom stereocenters. The van der Waals surface area contributed by atoms with Crippen LogP contribution in [-0.2, 0) is 23.2 Å². The van der Waals surface area contributed by atoms with Crippen molar-refractivity contribution in [2.45, 2.75) is 19.1 Å². The molecule has 2 heterocycles. The number of imidazole rings is 1. The quantitative estimate of drug-likeness (QED) is 0.680. The van der Waals surface area contributed by atoms with Crippen LogP contribution in [0, 0.1) is 0 Å². The van der Waals surface area contributed by atoms with Crippen molar-refractivity contribution < 1.29 is 14.3 Å². The normalized spacial score (nSPS) is 18.6. The predicted octanol–water partition coefficient (Wildman–Crippen LogP) is 2.63. The van der Waals surface area contributed by atoms with Gasteiger partial charge < -0.3 is 19.9 Å². The summed E-state index contributed by atoms with van der Waals surface area (Å²) in [5.41, 5.74) is 0.553. The molecule has 3 aromatic rings. The van der Waals surface area contributed by atoms with E-state index in [1.165, 1.54) is 6.92 Å². The van der Waals surface area contributed by atoms with E-state index in [1.807, 2.05) is 35.9 Å². The number of carbonyl (C=O) groups is 2. The molecule has 1 aliphatic heterocycles. The van der Waals surface area contributed by atoms with Crippen molar-refractivity contribution in [3.05, 3.63) is 53.3 Å². The van der Waals surface area contributed by atoms with Crippen molar-refractivity contribution >= 4 is 40.1 Å².